The van der Waals surface area contributed by atoms with Crippen molar-refractivity contribution in [2.45, 2.75) is 33.2 Å². The number of piperidine rings is 1. The number of anilines is 1. The van der Waals surface area contributed by atoms with Crippen molar-refractivity contribution < 1.29 is 19.1 Å². The number of fused-ring (bicyclic) bond motifs is 1. The van der Waals surface area contributed by atoms with Gasteiger partial charge >= 0.3 is 0 Å². The zero-order valence-corrected chi connectivity index (χ0v) is 18.0. The maximum absolute atomic E-state index is 12.7. The van der Waals surface area contributed by atoms with Gasteiger partial charge in [0.2, 0.25) is 18.6 Å². The predicted octanol–water partition coefficient (Wildman–Crippen LogP) is 2.46. The van der Waals surface area contributed by atoms with Crippen molar-refractivity contribution in [1.29, 1.82) is 0 Å². The Morgan fingerprint density at radius 1 is 1.27 bits per heavy atom. The van der Waals surface area contributed by atoms with E-state index in [0.29, 0.717) is 24.0 Å². The molecule has 1 aromatic carbocycles. The molecule has 1 fully saturated rings. The molecular formula is C21H26N4O4S. The van der Waals surface area contributed by atoms with E-state index in [1.165, 1.54) is 11.3 Å². The Bertz CT molecular complexity index is 926. The summed E-state index contributed by atoms with van der Waals surface area (Å²) in [6, 6.07) is 5.67. The molecule has 0 radical (unpaired) electrons. The minimum Gasteiger partial charge on any atom is -0.454 e. The second-order valence-corrected chi connectivity index (χ2v) is 8.89. The van der Waals surface area contributed by atoms with Crippen LogP contribution in [0.5, 0.6) is 11.5 Å². The van der Waals surface area contributed by atoms with Gasteiger partial charge < -0.3 is 20.1 Å². The Morgan fingerprint density at radius 2 is 2.10 bits per heavy atom. The average Bonchev–Trinajstić information content (AvgIpc) is 3.31. The van der Waals surface area contributed by atoms with E-state index >= 15 is 0 Å². The van der Waals surface area contributed by atoms with Gasteiger partial charge in [-0.25, -0.2) is 4.98 Å². The van der Waals surface area contributed by atoms with Gasteiger partial charge in [-0.2, -0.15) is 0 Å². The molecule has 0 saturated carbocycles. The molecule has 2 aliphatic rings. The van der Waals surface area contributed by atoms with Gasteiger partial charge in [-0.1, -0.05) is 6.07 Å². The first kappa shape index (κ1) is 20.6. The molecule has 1 aromatic heterocycles. The molecule has 0 spiro atoms. The summed E-state index contributed by atoms with van der Waals surface area (Å²) in [4.78, 5) is 32.5. The first-order valence-electron chi connectivity index (χ1n) is 10.1. The summed E-state index contributed by atoms with van der Waals surface area (Å²) < 4.78 is 10.7. The first-order chi connectivity index (χ1) is 14.5. The van der Waals surface area contributed by atoms with Gasteiger partial charge in [0.25, 0.3) is 0 Å². The van der Waals surface area contributed by atoms with Crippen molar-refractivity contribution in [2.75, 3.05) is 31.7 Å². The van der Waals surface area contributed by atoms with Crippen molar-refractivity contribution in [1.82, 2.24) is 15.2 Å². The molecule has 0 bridgehead atoms. The number of thiazole rings is 1. The molecule has 2 N–H and O–H groups in total. The fraction of sp³-hybridized carbons (Fsp3) is 0.476. The largest absolute Gasteiger partial charge is 0.454 e. The molecule has 3 heterocycles. The second-order valence-electron chi connectivity index (χ2n) is 7.69. The number of rotatable bonds is 6. The number of hydrogen-bond acceptors (Lipinski definition) is 7. The van der Waals surface area contributed by atoms with Gasteiger partial charge in [-0.05, 0) is 50.9 Å². The Labute approximate surface area is 179 Å². The van der Waals surface area contributed by atoms with E-state index in [0.717, 1.165) is 41.3 Å². The van der Waals surface area contributed by atoms with Crippen molar-refractivity contribution in [3.05, 3.63) is 34.3 Å². The molecule has 9 heteroatoms. The number of hydrogen-bond donors (Lipinski definition) is 2. The molecule has 1 saturated heterocycles. The third kappa shape index (κ3) is 4.91. The van der Waals surface area contributed by atoms with Crippen LogP contribution < -0.4 is 20.1 Å². The van der Waals surface area contributed by atoms with Crippen LogP contribution >= 0.6 is 11.3 Å². The van der Waals surface area contributed by atoms with Crippen LogP contribution in [0, 0.1) is 19.8 Å². The maximum Gasteiger partial charge on any atom is 0.240 e. The first-order valence-corrected chi connectivity index (χ1v) is 10.9. The Kier molecular flexibility index (Phi) is 6.19. The third-order valence-corrected chi connectivity index (χ3v) is 6.41. The molecule has 1 atom stereocenters. The highest BCUT2D eigenvalue weighted by Crippen LogP contribution is 2.32. The fourth-order valence-electron chi connectivity index (χ4n) is 3.69. The molecule has 2 aliphatic heterocycles. The number of ether oxygens (including phenoxy) is 2. The highest BCUT2D eigenvalue weighted by atomic mass is 32.1. The summed E-state index contributed by atoms with van der Waals surface area (Å²) in [6.07, 6.45) is 1.72. The zero-order valence-electron chi connectivity index (χ0n) is 17.2. The number of likely N-dealkylation sites (tertiary alicyclic amines) is 1. The predicted molar refractivity (Wildman–Crippen MR) is 114 cm³/mol. The van der Waals surface area contributed by atoms with Crippen LogP contribution in [0.15, 0.2) is 18.2 Å². The average molecular weight is 431 g/mol. The Balaban J connectivity index is 1.25. The van der Waals surface area contributed by atoms with E-state index < -0.39 is 0 Å². The highest BCUT2D eigenvalue weighted by Gasteiger charge is 2.27. The molecule has 2 aromatic rings. The Morgan fingerprint density at radius 3 is 2.90 bits per heavy atom. The molecule has 160 valence electrons. The van der Waals surface area contributed by atoms with Gasteiger partial charge in [0.1, 0.15) is 0 Å². The molecule has 8 nitrogen and oxygen atoms in total. The van der Waals surface area contributed by atoms with E-state index in [1.807, 2.05) is 36.9 Å². The van der Waals surface area contributed by atoms with Gasteiger partial charge in [0, 0.05) is 18.0 Å². The number of nitrogens with zero attached hydrogens (tertiary/aromatic N) is 2. The minimum absolute atomic E-state index is 0.0175. The van der Waals surface area contributed by atoms with Crippen molar-refractivity contribution in [2.24, 2.45) is 5.92 Å². The van der Waals surface area contributed by atoms with Gasteiger partial charge in [-0.3, -0.25) is 14.5 Å². The van der Waals surface area contributed by atoms with Gasteiger partial charge in [-0.15, -0.1) is 11.3 Å². The summed E-state index contributed by atoms with van der Waals surface area (Å²) >= 11 is 1.48. The highest BCUT2D eigenvalue weighted by molar-refractivity contribution is 7.15. The number of benzene rings is 1. The van der Waals surface area contributed by atoms with Crippen LogP contribution in [-0.4, -0.2) is 48.1 Å². The van der Waals surface area contributed by atoms with E-state index in [4.69, 9.17) is 9.47 Å². The Hall–Kier alpha value is -2.65. The number of carbonyl (C=O) groups is 2. The summed E-state index contributed by atoms with van der Waals surface area (Å²) in [5.41, 5.74) is 1.90. The van der Waals surface area contributed by atoms with Gasteiger partial charge in [0.05, 0.1) is 18.2 Å². The fourth-order valence-corrected chi connectivity index (χ4v) is 4.52. The topological polar surface area (TPSA) is 92.8 Å². The standard InChI is InChI=1S/C21H26N4O4S/c1-13-14(2)30-21(23-13)24-19(26)11-25-7-3-4-16(10-25)20(27)22-9-15-5-6-17-18(8-15)29-12-28-17/h5-6,8,16H,3-4,7,9-12H2,1-2H3,(H,22,27)(H,23,24,26). The molecule has 2 amide bonds. The maximum atomic E-state index is 12.7. The summed E-state index contributed by atoms with van der Waals surface area (Å²) in [5, 5.41) is 6.51. The van der Waals surface area contributed by atoms with Crippen LogP contribution in [0.4, 0.5) is 5.13 Å². The SMILES string of the molecule is Cc1nc(NC(=O)CN2CCCC(C(=O)NCc3ccc4c(c3)OCO4)C2)sc1C. The normalized spacial score (nSPS) is 18.3. The molecule has 0 aliphatic carbocycles. The van der Waals surface area contributed by atoms with Crippen molar-refractivity contribution in [3.8, 4) is 11.5 Å². The van der Waals surface area contributed by atoms with Crippen LogP contribution in [0.3, 0.4) is 0 Å². The van der Waals surface area contributed by atoms with E-state index in [-0.39, 0.29) is 31.1 Å². The number of carbonyl (C=O) groups excluding carboxylic acids is 2. The van der Waals surface area contributed by atoms with Crippen LogP contribution in [0.2, 0.25) is 0 Å². The van der Waals surface area contributed by atoms with Crippen LogP contribution in [0.25, 0.3) is 0 Å². The smallest absolute Gasteiger partial charge is 0.240 e. The van der Waals surface area contributed by atoms with Crippen LogP contribution in [0.1, 0.15) is 29.0 Å². The minimum atomic E-state index is -0.120. The molecule has 4 rings (SSSR count). The molecular weight excluding hydrogens is 404 g/mol. The lowest BCUT2D eigenvalue weighted by Gasteiger charge is -2.31. The van der Waals surface area contributed by atoms with Crippen LogP contribution in [-0.2, 0) is 16.1 Å². The number of amides is 2. The van der Waals surface area contributed by atoms with Crippen molar-refractivity contribution in [3.63, 3.8) is 0 Å². The zero-order chi connectivity index (χ0) is 21.1. The molecule has 30 heavy (non-hydrogen) atoms. The lowest BCUT2D eigenvalue weighted by Crippen LogP contribution is -2.45. The van der Waals surface area contributed by atoms with E-state index in [9.17, 15) is 9.59 Å². The third-order valence-electron chi connectivity index (χ3n) is 5.42. The van der Waals surface area contributed by atoms with Gasteiger partial charge in [0.15, 0.2) is 16.6 Å². The monoisotopic (exact) mass is 430 g/mol. The quantitative estimate of drug-likeness (QED) is 0.731. The summed E-state index contributed by atoms with van der Waals surface area (Å²) in [6.45, 7) is 6.25. The summed E-state index contributed by atoms with van der Waals surface area (Å²) in [5.74, 6) is 1.25. The molecule has 1 unspecified atom stereocenters. The van der Waals surface area contributed by atoms with E-state index in [2.05, 4.69) is 15.6 Å². The number of nitrogens with one attached hydrogen (secondary N) is 2. The lowest BCUT2D eigenvalue weighted by molar-refractivity contribution is -0.128. The number of aryl methyl sites for hydroxylation is 2. The van der Waals surface area contributed by atoms with E-state index in [1.54, 1.807) is 0 Å². The second kappa shape index (κ2) is 9.01. The summed E-state index contributed by atoms with van der Waals surface area (Å²) in [7, 11) is 0. The number of aromatic nitrogens is 1. The van der Waals surface area contributed by atoms with Crippen molar-refractivity contribution >= 4 is 28.3 Å². The lowest BCUT2D eigenvalue weighted by atomic mass is 9.97.